The predicted octanol–water partition coefficient (Wildman–Crippen LogP) is 3.82. The number of carbonyl (C=O) groups excluding carboxylic acids is 1. The summed E-state index contributed by atoms with van der Waals surface area (Å²) >= 11 is 0. The Balaban J connectivity index is 2.37. The number of benzene rings is 2. The Kier molecular flexibility index (Phi) is 5.29. The highest BCUT2D eigenvalue weighted by atomic mass is 32.2. The number of nitrogens with one attached hydrogen (secondary N) is 1. The number of ketones is 1. The fourth-order valence-corrected chi connectivity index (χ4v) is 3.44. The van der Waals surface area contributed by atoms with Crippen LogP contribution >= 0.6 is 0 Å². The van der Waals surface area contributed by atoms with Crippen molar-refractivity contribution in [2.45, 2.75) is 31.6 Å². The van der Waals surface area contributed by atoms with E-state index >= 15 is 0 Å². The molecular weight excluding hydrogens is 326 g/mol. The maximum absolute atomic E-state index is 12.6. The first-order chi connectivity index (χ1) is 11.2. The molecule has 0 atom stereocenters. The Morgan fingerprint density at radius 3 is 2.42 bits per heavy atom. The second-order valence-corrected chi connectivity index (χ2v) is 7.48. The highest BCUT2D eigenvalue weighted by Gasteiger charge is 2.17. The number of ether oxygens (including phenoxy) is 1. The number of carbonyl (C=O) groups is 1. The molecule has 0 fully saturated rings. The van der Waals surface area contributed by atoms with Gasteiger partial charge < -0.3 is 4.74 Å². The zero-order chi connectivity index (χ0) is 17.9. The number of hydrogen-bond acceptors (Lipinski definition) is 4. The summed E-state index contributed by atoms with van der Waals surface area (Å²) in [6.07, 6.45) is 0. The number of Topliss-reactive ketones (excluding diaryl/α,β-unsaturated/α-hetero) is 1. The predicted molar refractivity (Wildman–Crippen MR) is 94.3 cm³/mol. The van der Waals surface area contributed by atoms with Crippen molar-refractivity contribution in [2.24, 2.45) is 0 Å². The van der Waals surface area contributed by atoms with Gasteiger partial charge in [0.1, 0.15) is 5.75 Å². The average molecular weight is 347 g/mol. The van der Waals surface area contributed by atoms with Gasteiger partial charge in [0, 0.05) is 11.3 Å². The molecule has 0 radical (unpaired) electrons. The van der Waals surface area contributed by atoms with Crippen LogP contribution in [-0.2, 0) is 10.0 Å². The van der Waals surface area contributed by atoms with E-state index in [0.717, 1.165) is 5.56 Å². The first-order valence-electron chi connectivity index (χ1n) is 7.56. The van der Waals surface area contributed by atoms with E-state index < -0.39 is 10.0 Å². The lowest BCUT2D eigenvalue weighted by atomic mass is 10.0. The Hall–Kier alpha value is -2.34. The van der Waals surface area contributed by atoms with E-state index in [-0.39, 0.29) is 16.6 Å². The van der Waals surface area contributed by atoms with Crippen LogP contribution < -0.4 is 9.46 Å². The van der Waals surface area contributed by atoms with E-state index in [1.54, 1.807) is 37.4 Å². The summed E-state index contributed by atoms with van der Waals surface area (Å²) in [5.74, 6) is 0.718. The van der Waals surface area contributed by atoms with Crippen molar-refractivity contribution in [1.82, 2.24) is 0 Å². The molecule has 5 nitrogen and oxygen atoms in total. The van der Waals surface area contributed by atoms with Crippen molar-refractivity contribution >= 4 is 21.5 Å². The summed E-state index contributed by atoms with van der Waals surface area (Å²) in [7, 11) is -2.19. The number of hydrogen-bond donors (Lipinski definition) is 1. The van der Waals surface area contributed by atoms with Gasteiger partial charge in [0.25, 0.3) is 10.0 Å². The summed E-state index contributed by atoms with van der Waals surface area (Å²) in [5, 5.41) is 0. The summed E-state index contributed by atoms with van der Waals surface area (Å²) in [6, 6.07) is 11.1. The molecule has 0 aliphatic rings. The van der Waals surface area contributed by atoms with Crippen molar-refractivity contribution in [3.63, 3.8) is 0 Å². The van der Waals surface area contributed by atoms with Crippen molar-refractivity contribution in [1.29, 1.82) is 0 Å². The van der Waals surface area contributed by atoms with Crippen molar-refractivity contribution in [3.8, 4) is 5.75 Å². The molecule has 0 aromatic heterocycles. The summed E-state index contributed by atoms with van der Waals surface area (Å²) < 4.78 is 33.0. The molecule has 0 heterocycles. The third-order valence-electron chi connectivity index (χ3n) is 3.65. The first-order valence-corrected chi connectivity index (χ1v) is 9.04. The summed E-state index contributed by atoms with van der Waals surface area (Å²) in [4.78, 5) is 11.5. The lowest BCUT2D eigenvalue weighted by Gasteiger charge is -2.15. The molecule has 0 aliphatic carbocycles. The quantitative estimate of drug-likeness (QED) is 0.806. The fraction of sp³-hybridized carbons (Fsp3) is 0.278. The molecule has 6 heteroatoms. The van der Waals surface area contributed by atoms with Crippen molar-refractivity contribution < 1.29 is 17.9 Å². The zero-order valence-electron chi connectivity index (χ0n) is 14.2. The van der Waals surface area contributed by atoms with Crippen LogP contribution in [0.4, 0.5) is 5.69 Å². The first kappa shape index (κ1) is 18.0. The number of methoxy groups -OCH3 is 1. The van der Waals surface area contributed by atoms with Crippen LogP contribution in [0.2, 0.25) is 0 Å². The van der Waals surface area contributed by atoms with Crippen molar-refractivity contribution in [3.05, 3.63) is 53.6 Å². The van der Waals surface area contributed by atoms with E-state index in [1.807, 2.05) is 13.8 Å². The molecule has 0 unspecified atom stereocenters. The minimum Gasteiger partial charge on any atom is -0.496 e. The highest BCUT2D eigenvalue weighted by Crippen LogP contribution is 2.30. The standard InChI is InChI=1S/C18H21NO4S/c1-12(2)17-11-15(8-9-18(17)23-4)19-24(21,22)16-7-5-6-14(10-16)13(3)20/h5-12,19H,1-4H3. The van der Waals surface area contributed by atoms with Crippen LogP contribution in [0.5, 0.6) is 5.75 Å². The minimum absolute atomic E-state index is 0.0529. The maximum Gasteiger partial charge on any atom is 0.261 e. The second-order valence-electron chi connectivity index (χ2n) is 5.80. The third-order valence-corrected chi connectivity index (χ3v) is 5.03. The van der Waals surface area contributed by atoms with Gasteiger partial charge in [-0.25, -0.2) is 8.42 Å². The lowest BCUT2D eigenvalue weighted by molar-refractivity contribution is 0.101. The van der Waals surface area contributed by atoms with E-state index in [4.69, 9.17) is 4.74 Å². The molecule has 2 rings (SSSR count). The Bertz CT molecular complexity index is 857. The Morgan fingerprint density at radius 2 is 1.83 bits per heavy atom. The van der Waals surface area contributed by atoms with E-state index in [2.05, 4.69) is 4.72 Å². The molecule has 0 aliphatic heterocycles. The number of sulfonamides is 1. The minimum atomic E-state index is -3.77. The molecule has 0 saturated carbocycles. The molecule has 0 spiro atoms. The van der Waals surface area contributed by atoms with E-state index in [0.29, 0.717) is 17.0 Å². The number of anilines is 1. The molecule has 0 amide bonds. The normalized spacial score (nSPS) is 11.4. The van der Waals surface area contributed by atoms with Gasteiger partial charge in [-0.1, -0.05) is 26.0 Å². The lowest BCUT2D eigenvalue weighted by Crippen LogP contribution is -2.14. The summed E-state index contributed by atoms with van der Waals surface area (Å²) in [5.41, 5.74) is 1.72. The van der Waals surface area contributed by atoms with Crippen molar-refractivity contribution in [2.75, 3.05) is 11.8 Å². The van der Waals surface area contributed by atoms with Gasteiger partial charge in [-0.15, -0.1) is 0 Å². The molecule has 128 valence electrons. The van der Waals surface area contributed by atoms with Gasteiger partial charge in [-0.05, 0) is 48.7 Å². The smallest absolute Gasteiger partial charge is 0.261 e. The maximum atomic E-state index is 12.6. The topological polar surface area (TPSA) is 72.5 Å². The van der Waals surface area contributed by atoms with E-state index in [9.17, 15) is 13.2 Å². The SMILES string of the molecule is COc1ccc(NS(=O)(=O)c2cccc(C(C)=O)c2)cc1C(C)C. The fourth-order valence-electron chi connectivity index (χ4n) is 2.35. The highest BCUT2D eigenvalue weighted by molar-refractivity contribution is 7.92. The Labute approximate surface area is 142 Å². The second kappa shape index (κ2) is 7.05. The van der Waals surface area contributed by atoms with Crippen LogP contribution in [0.3, 0.4) is 0 Å². The Morgan fingerprint density at radius 1 is 1.12 bits per heavy atom. The van der Waals surface area contributed by atoms with Gasteiger partial charge in [0.15, 0.2) is 5.78 Å². The molecule has 0 bridgehead atoms. The van der Waals surface area contributed by atoms with Gasteiger partial charge in [-0.3, -0.25) is 9.52 Å². The summed E-state index contributed by atoms with van der Waals surface area (Å²) in [6.45, 7) is 5.41. The molecule has 24 heavy (non-hydrogen) atoms. The van der Waals surface area contributed by atoms with Crippen LogP contribution in [0.1, 0.15) is 42.6 Å². The molecule has 1 N–H and O–H groups in total. The van der Waals surface area contributed by atoms with Gasteiger partial charge in [0.2, 0.25) is 0 Å². The van der Waals surface area contributed by atoms with Crippen LogP contribution in [-0.4, -0.2) is 21.3 Å². The third kappa shape index (κ3) is 3.94. The largest absolute Gasteiger partial charge is 0.496 e. The zero-order valence-corrected chi connectivity index (χ0v) is 15.0. The number of rotatable bonds is 6. The average Bonchev–Trinajstić information content (AvgIpc) is 2.54. The van der Waals surface area contributed by atoms with Crippen LogP contribution in [0, 0.1) is 0 Å². The van der Waals surface area contributed by atoms with Gasteiger partial charge in [0.05, 0.1) is 12.0 Å². The monoisotopic (exact) mass is 347 g/mol. The van der Waals surface area contributed by atoms with Gasteiger partial charge >= 0.3 is 0 Å². The molecular formula is C18H21NO4S. The molecule has 2 aromatic rings. The van der Waals surface area contributed by atoms with Gasteiger partial charge in [-0.2, -0.15) is 0 Å². The van der Waals surface area contributed by atoms with E-state index in [1.165, 1.54) is 19.1 Å². The van der Waals surface area contributed by atoms with Crippen LogP contribution in [0.25, 0.3) is 0 Å². The molecule has 0 saturated heterocycles. The van der Waals surface area contributed by atoms with Crippen LogP contribution in [0.15, 0.2) is 47.4 Å². The molecule has 2 aromatic carbocycles.